The Morgan fingerprint density at radius 1 is 1.12 bits per heavy atom. The maximum Gasteiger partial charge on any atom is 0.283 e. The molecule has 0 unspecified atom stereocenters. The van der Waals surface area contributed by atoms with Gasteiger partial charge in [-0.25, -0.2) is 9.97 Å². The van der Waals surface area contributed by atoms with Crippen LogP contribution in [0.25, 0.3) is 10.2 Å². The number of aromatic nitrogens is 4. The number of rotatable bonds is 4. The van der Waals surface area contributed by atoms with Crippen molar-refractivity contribution in [1.29, 1.82) is 0 Å². The third-order valence-electron chi connectivity index (χ3n) is 4.83. The van der Waals surface area contributed by atoms with Gasteiger partial charge in [0.05, 0.1) is 6.54 Å². The van der Waals surface area contributed by atoms with Crippen LogP contribution in [0.3, 0.4) is 0 Å². The van der Waals surface area contributed by atoms with E-state index in [0.717, 1.165) is 41.7 Å². The zero-order valence-corrected chi connectivity index (χ0v) is 15.8. The second-order valence-electron chi connectivity index (χ2n) is 6.66. The lowest BCUT2D eigenvalue weighted by Gasteiger charge is -2.10. The van der Waals surface area contributed by atoms with Crippen molar-refractivity contribution in [2.45, 2.75) is 55.8 Å². The molecule has 3 aromatic heterocycles. The minimum Gasteiger partial charge on any atom is -0.414 e. The average molecular weight is 374 g/mol. The van der Waals surface area contributed by atoms with Gasteiger partial charge in [-0.15, -0.1) is 21.5 Å². The summed E-state index contributed by atoms with van der Waals surface area (Å²) < 4.78 is 5.88. The summed E-state index contributed by atoms with van der Waals surface area (Å²) in [5.41, 5.74) is 1.43. The number of aryl methyl sites for hydroxylation is 3. The van der Waals surface area contributed by atoms with Gasteiger partial charge >= 0.3 is 0 Å². The highest BCUT2D eigenvalue weighted by Gasteiger charge is 2.23. The molecule has 8 heteroatoms. The summed E-state index contributed by atoms with van der Waals surface area (Å²) in [5, 5.41) is 11.2. The van der Waals surface area contributed by atoms with E-state index in [4.69, 9.17) is 4.42 Å². The first-order valence-corrected chi connectivity index (χ1v) is 10.4. The van der Waals surface area contributed by atoms with Gasteiger partial charge in [0.1, 0.15) is 15.7 Å². The van der Waals surface area contributed by atoms with Crippen LogP contribution in [0.5, 0.6) is 0 Å². The lowest BCUT2D eigenvalue weighted by molar-refractivity contribution is 0.278. The summed E-state index contributed by atoms with van der Waals surface area (Å²) in [7, 11) is 0. The number of nitrogens with zero attached hydrogens (tertiary/aromatic N) is 5. The molecular formula is C17H19N5OS2. The topological polar surface area (TPSA) is 67.9 Å². The molecule has 1 fully saturated rings. The number of likely N-dealkylation sites (tertiary alicyclic amines) is 1. The molecule has 0 radical (unpaired) electrons. The summed E-state index contributed by atoms with van der Waals surface area (Å²) >= 11 is 3.29. The Kier molecular flexibility index (Phi) is 3.98. The highest BCUT2D eigenvalue weighted by atomic mass is 32.2. The third kappa shape index (κ3) is 2.96. The average Bonchev–Trinajstić information content (AvgIpc) is 3.32. The zero-order valence-electron chi connectivity index (χ0n) is 14.1. The van der Waals surface area contributed by atoms with E-state index in [1.54, 1.807) is 0 Å². The molecule has 2 aliphatic rings. The molecule has 0 spiro atoms. The SMILES string of the molecule is Cc1nc(Sc2nnc(CN3CCCC3)o2)c2c3c(sc2n1)CCC3. The molecule has 0 bridgehead atoms. The van der Waals surface area contributed by atoms with E-state index in [9.17, 15) is 0 Å². The molecule has 4 heterocycles. The predicted molar refractivity (Wildman–Crippen MR) is 97.1 cm³/mol. The van der Waals surface area contributed by atoms with Crippen LogP contribution in [0, 0.1) is 6.92 Å². The summed E-state index contributed by atoms with van der Waals surface area (Å²) in [5.74, 6) is 1.49. The van der Waals surface area contributed by atoms with E-state index in [1.807, 2.05) is 18.3 Å². The van der Waals surface area contributed by atoms with Gasteiger partial charge in [0.25, 0.3) is 5.22 Å². The molecule has 6 nitrogen and oxygen atoms in total. The molecule has 1 saturated heterocycles. The molecule has 0 aromatic carbocycles. The quantitative estimate of drug-likeness (QED) is 0.647. The largest absolute Gasteiger partial charge is 0.414 e. The van der Waals surface area contributed by atoms with Crippen molar-refractivity contribution < 1.29 is 4.42 Å². The van der Waals surface area contributed by atoms with Crippen LogP contribution >= 0.6 is 23.1 Å². The van der Waals surface area contributed by atoms with Crippen LogP contribution in [0.1, 0.15) is 41.4 Å². The monoisotopic (exact) mass is 373 g/mol. The fourth-order valence-electron chi connectivity index (χ4n) is 3.70. The smallest absolute Gasteiger partial charge is 0.283 e. The number of thiophene rings is 1. The number of fused-ring (bicyclic) bond motifs is 3. The Hall–Kier alpha value is -1.51. The van der Waals surface area contributed by atoms with Crippen molar-refractivity contribution in [3.05, 3.63) is 22.2 Å². The minimum absolute atomic E-state index is 0.576. The molecule has 5 rings (SSSR count). The Balaban J connectivity index is 1.45. The van der Waals surface area contributed by atoms with Crippen LogP contribution in [0.4, 0.5) is 0 Å². The molecule has 130 valence electrons. The fourth-order valence-corrected chi connectivity index (χ4v) is 5.95. The van der Waals surface area contributed by atoms with Crippen LogP contribution in [0.15, 0.2) is 14.7 Å². The van der Waals surface area contributed by atoms with Crippen molar-refractivity contribution in [3.8, 4) is 0 Å². The predicted octanol–water partition coefficient (Wildman–Crippen LogP) is 3.62. The first-order chi connectivity index (χ1) is 12.3. The van der Waals surface area contributed by atoms with E-state index in [0.29, 0.717) is 11.1 Å². The van der Waals surface area contributed by atoms with Gasteiger partial charge < -0.3 is 4.42 Å². The third-order valence-corrected chi connectivity index (χ3v) is 6.85. The second kappa shape index (κ2) is 6.34. The first kappa shape index (κ1) is 15.7. The molecule has 1 aliphatic carbocycles. The van der Waals surface area contributed by atoms with Crippen LogP contribution < -0.4 is 0 Å². The van der Waals surface area contributed by atoms with E-state index < -0.39 is 0 Å². The fraction of sp³-hybridized carbons (Fsp3) is 0.529. The number of hydrogen-bond donors (Lipinski definition) is 0. The first-order valence-electron chi connectivity index (χ1n) is 8.78. The van der Waals surface area contributed by atoms with Gasteiger partial charge in [0.15, 0.2) is 0 Å². The Labute approximate surface area is 154 Å². The van der Waals surface area contributed by atoms with Gasteiger partial charge in [-0.2, -0.15) is 0 Å². The minimum atomic E-state index is 0.576. The second-order valence-corrected chi connectivity index (χ2v) is 8.68. The van der Waals surface area contributed by atoms with Crippen molar-refractivity contribution >= 4 is 33.3 Å². The van der Waals surface area contributed by atoms with Gasteiger partial charge in [-0.05, 0) is 69.4 Å². The van der Waals surface area contributed by atoms with Crippen molar-refractivity contribution in [1.82, 2.24) is 25.1 Å². The van der Waals surface area contributed by atoms with Crippen LogP contribution in [0.2, 0.25) is 0 Å². The zero-order chi connectivity index (χ0) is 16.8. The molecule has 0 atom stereocenters. The molecular weight excluding hydrogens is 354 g/mol. The van der Waals surface area contributed by atoms with E-state index in [-0.39, 0.29) is 0 Å². The molecule has 3 aromatic rings. The highest BCUT2D eigenvalue weighted by Crippen LogP contribution is 2.41. The normalized spacial score (nSPS) is 17.6. The van der Waals surface area contributed by atoms with Crippen molar-refractivity contribution in [2.24, 2.45) is 0 Å². The summed E-state index contributed by atoms with van der Waals surface area (Å²) in [4.78, 5) is 14.2. The van der Waals surface area contributed by atoms with E-state index in [1.165, 1.54) is 53.3 Å². The van der Waals surface area contributed by atoms with Crippen molar-refractivity contribution in [3.63, 3.8) is 0 Å². The molecule has 0 saturated carbocycles. The molecule has 0 amide bonds. The van der Waals surface area contributed by atoms with Gasteiger partial charge in [-0.1, -0.05) is 0 Å². The Morgan fingerprint density at radius 3 is 2.88 bits per heavy atom. The molecule has 25 heavy (non-hydrogen) atoms. The number of hydrogen-bond acceptors (Lipinski definition) is 8. The van der Waals surface area contributed by atoms with Crippen molar-refractivity contribution in [2.75, 3.05) is 13.1 Å². The molecule has 1 aliphatic heterocycles. The lowest BCUT2D eigenvalue weighted by atomic mass is 10.2. The van der Waals surface area contributed by atoms with Gasteiger partial charge in [-0.3, -0.25) is 4.90 Å². The van der Waals surface area contributed by atoms with Crippen LogP contribution in [-0.4, -0.2) is 38.2 Å². The van der Waals surface area contributed by atoms with E-state index >= 15 is 0 Å². The Morgan fingerprint density at radius 2 is 2.00 bits per heavy atom. The van der Waals surface area contributed by atoms with Gasteiger partial charge in [0.2, 0.25) is 5.89 Å². The maximum absolute atomic E-state index is 5.88. The lowest BCUT2D eigenvalue weighted by Crippen LogP contribution is -2.18. The maximum atomic E-state index is 5.88. The molecule has 0 N–H and O–H groups in total. The highest BCUT2D eigenvalue weighted by molar-refractivity contribution is 7.99. The summed E-state index contributed by atoms with van der Waals surface area (Å²) in [6.45, 7) is 4.94. The Bertz CT molecular complexity index is 929. The van der Waals surface area contributed by atoms with E-state index in [2.05, 4.69) is 25.1 Å². The van der Waals surface area contributed by atoms with Crippen LogP contribution in [-0.2, 0) is 19.4 Å². The summed E-state index contributed by atoms with van der Waals surface area (Å²) in [6, 6.07) is 0. The summed E-state index contributed by atoms with van der Waals surface area (Å²) in [6.07, 6.45) is 6.05. The van der Waals surface area contributed by atoms with Gasteiger partial charge in [0, 0.05) is 10.3 Å². The standard InChI is InChI=1S/C17H19N5OS2/c1-10-18-15-14(11-5-4-6-12(11)24-15)16(19-10)25-17-21-20-13(23-17)9-22-7-2-3-8-22/h2-9H2,1H3.